The van der Waals surface area contributed by atoms with Gasteiger partial charge in [0.25, 0.3) is 0 Å². The van der Waals surface area contributed by atoms with E-state index in [-0.39, 0.29) is 36.2 Å². The molecular formula is C26H35BrF3N5O3. The molecule has 2 aliphatic heterocycles. The second-order valence-electron chi connectivity index (χ2n) is 9.81. The van der Waals surface area contributed by atoms with Crippen LogP contribution in [0.3, 0.4) is 0 Å². The zero-order valence-electron chi connectivity index (χ0n) is 21.6. The number of halogens is 4. The minimum absolute atomic E-state index is 0. The molecular weight excluding hydrogens is 567 g/mol. The third-order valence-electron chi connectivity index (χ3n) is 6.71. The molecule has 0 saturated carbocycles. The maximum Gasteiger partial charge on any atom is 0.389 e. The van der Waals surface area contributed by atoms with Gasteiger partial charge in [0.1, 0.15) is 11.6 Å². The number of nitrogens with zero attached hydrogens (tertiary/aromatic N) is 3. The number of morpholine rings is 1. The molecule has 0 aliphatic carbocycles. The van der Waals surface area contributed by atoms with Gasteiger partial charge in [-0.25, -0.2) is 9.78 Å². The zero-order chi connectivity index (χ0) is 26.6. The molecule has 12 heteroatoms. The number of rotatable bonds is 7. The number of benzene rings is 1. The molecule has 3 heterocycles. The topological polar surface area (TPSA) is 90.0 Å². The highest BCUT2D eigenvalue weighted by Crippen LogP contribution is 2.33. The van der Waals surface area contributed by atoms with Crippen LogP contribution in [0.5, 0.6) is 0 Å². The van der Waals surface area contributed by atoms with Crippen molar-refractivity contribution < 1.29 is 27.8 Å². The molecule has 2 saturated heterocycles. The van der Waals surface area contributed by atoms with E-state index in [0.29, 0.717) is 50.8 Å². The monoisotopic (exact) mass is 601 g/mol. The number of anilines is 3. The van der Waals surface area contributed by atoms with Crippen molar-refractivity contribution in [3.8, 4) is 11.1 Å². The van der Waals surface area contributed by atoms with Crippen molar-refractivity contribution in [1.29, 1.82) is 0 Å². The minimum Gasteiger partial charge on any atom is -0.394 e. The van der Waals surface area contributed by atoms with Gasteiger partial charge in [-0.3, -0.25) is 0 Å². The molecule has 2 aliphatic rings. The van der Waals surface area contributed by atoms with Gasteiger partial charge in [-0.1, -0.05) is 6.07 Å². The van der Waals surface area contributed by atoms with Crippen molar-refractivity contribution in [1.82, 2.24) is 9.88 Å². The summed E-state index contributed by atoms with van der Waals surface area (Å²) in [4.78, 5) is 21.1. The molecule has 0 bridgehead atoms. The van der Waals surface area contributed by atoms with Crippen LogP contribution in [0.4, 0.5) is 35.3 Å². The van der Waals surface area contributed by atoms with Crippen LogP contribution in [-0.4, -0.2) is 79.2 Å². The lowest BCUT2D eigenvalue weighted by Gasteiger charge is -2.29. The van der Waals surface area contributed by atoms with E-state index in [9.17, 15) is 23.1 Å². The molecule has 38 heavy (non-hydrogen) atoms. The summed E-state index contributed by atoms with van der Waals surface area (Å²) in [5.74, 6) is 0.846. The number of aliphatic hydroxyl groups excluding tert-OH is 1. The molecule has 1 aromatic carbocycles. The Morgan fingerprint density at radius 3 is 2.63 bits per heavy atom. The van der Waals surface area contributed by atoms with Crippen LogP contribution in [0.1, 0.15) is 25.3 Å². The van der Waals surface area contributed by atoms with E-state index in [0.717, 1.165) is 22.5 Å². The fourth-order valence-corrected chi connectivity index (χ4v) is 4.72. The Hall–Kier alpha value is -2.57. The van der Waals surface area contributed by atoms with Crippen LogP contribution in [0.2, 0.25) is 0 Å². The number of pyridine rings is 1. The van der Waals surface area contributed by atoms with Crippen LogP contribution in [0.25, 0.3) is 11.1 Å². The highest BCUT2D eigenvalue weighted by Gasteiger charge is 2.36. The lowest BCUT2D eigenvalue weighted by Crippen LogP contribution is -2.37. The van der Waals surface area contributed by atoms with E-state index in [1.165, 1.54) is 4.90 Å². The average molecular weight is 602 g/mol. The number of ether oxygens (including phenoxy) is 1. The highest BCUT2D eigenvalue weighted by atomic mass is 79.9. The molecule has 0 spiro atoms. The Bertz CT molecular complexity index is 1100. The van der Waals surface area contributed by atoms with E-state index >= 15 is 0 Å². The lowest BCUT2D eigenvalue weighted by atomic mass is 10.00. The third kappa shape index (κ3) is 7.97. The van der Waals surface area contributed by atoms with Crippen molar-refractivity contribution in [2.75, 3.05) is 61.5 Å². The summed E-state index contributed by atoms with van der Waals surface area (Å²) in [6, 6.07) is 8.88. The molecule has 2 fully saturated rings. The summed E-state index contributed by atoms with van der Waals surface area (Å²) < 4.78 is 43.7. The second-order valence-corrected chi connectivity index (χ2v) is 9.81. The number of amides is 2. The Morgan fingerprint density at radius 1 is 1.21 bits per heavy atom. The van der Waals surface area contributed by atoms with Gasteiger partial charge in [-0.05, 0) is 67.1 Å². The van der Waals surface area contributed by atoms with E-state index in [1.807, 2.05) is 38.1 Å². The summed E-state index contributed by atoms with van der Waals surface area (Å²) in [5, 5.41) is 15.6. The minimum atomic E-state index is -4.23. The number of alkyl halides is 3. The van der Waals surface area contributed by atoms with E-state index in [2.05, 4.69) is 15.5 Å². The molecule has 210 valence electrons. The smallest absolute Gasteiger partial charge is 0.389 e. The molecule has 3 N–H and O–H groups in total. The van der Waals surface area contributed by atoms with Gasteiger partial charge in [0, 0.05) is 44.3 Å². The molecule has 0 radical (unpaired) electrons. The maximum atomic E-state index is 12.8. The standard InChI is InChI=1S/C26H34F3N5O3.BrH/c1-17-3-4-21(31-25(36)34-6-5-19(15-34)14-26(27,28)29)13-22(17)20-11-23(30-18(2)16-35)32-24(12-20)33-7-9-37-10-8-33;/h3-4,11-13,18-19,35H,5-10,14-16H2,1-2H3,(H,30,32)(H,31,36);1H. The van der Waals surface area contributed by atoms with Gasteiger partial charge in [0.15, 0.2) is 0 Å². The maximum absolute atomic E-state index is 12.8. The first-order valence-corrected chi connectivity index (χ1v) is 12.6. The van der Waals surface area contributed by atoms with Crippen LogP contribution < -0.4 is 15.5 Å². The van der Waals surface area contributed by atoms with Crippen molar-refractivity contribution >= 4 is 40.3 Å². The third-order valence-corrected chi connectivity index (χ3v) is 6.71. The fourth-order valence-electron chi connectivity index (χ4n) is 4.72. The first-order chi connectivity index (χ1) is 17.6. The van der Waals surface area contributed by atoms with Crippen LogP contribution in [0.15, 0.2) is 30.3 Å². The summed E-state index contributed by atoms with van der Waals surface area (Å²) in [6.07, 6.45) is -4.75. The zero-order valence-corrected chi connectivity index (χ0v) is 23.3. The SMILES string of the molecule is Br.Cc1ccc(NC(=O)N2CCC(CC(F)(F)F)C2)cc1-c1cc(NC(C)CO)nc(N2CCOCC2)c1. The van der Waals surface area contributed by atoms with Crippen molar-refractivity contribution in [3.05, 3.63) is 35.9 Å². The van der Waals surface area contributed by atoms with Crippen molar-refractivity contribution in [2.24, 2.45) is 5.92 Å². The van der Waals surface area contributed by atoms with Crippen molar-refractivity contribution in [3.63, 3.8) is 0 Å². The quantitative estimate of drug-likeness (QED) is 0.410. The Morgan fingerprint density at radius 2 is 1.95 bits per heavy atom. The summed E-state index contributed by atoms with van der Waals surface area (Å²) >= 11 is 0. The number of urea groups is 1. The van der Waals surface area contributed by atoms with Gasteiger partial charge in [-0.2, -0.15) is 13.2 Å². The van der Waals surface area contributed by atoms with Gasteiger partial charge in [0.2, 0.25) is 0 Å². The molecule has 2 amide bonds. The van der Waals surface area contributed by atoms with Gasteiger partial charge in [0.05, 0.1) is 19.8 Å². The summed E-state index contributed by atoms with van der Waals surface area (Å²) in [5.41, 5.74) is 3.34. The van der Waals surface area contributed by atoms with E-state index in [1.54, 1.807) is 6.07 Å². The van der Waals surface area contributed by atoms with Gasteiger partial charge < -0.3 is 30.3 Å². The predicted molar refractivity (Wildman–Crippen MR) is 147 cm³/mol. The lowest BCUT2D eigenvalue weighted by molar-refractivity contribution is -0.143. The number of hydrogen-bond acceptors (Lipinski definition) is 6. The Labute approximate surface area is 231 Å². The Balaban J connectivity index is 0.00000400. The number of aryl methyl sites for hydroxylation is 1. The van der Waals surface area contributed by atoms with E-state index < -0.39 is 24.5 Å². The number of hydrogen-bond donors (Lipinski definition) is 3. The van der Waals surface area contributed by atoms with Gasteiger partial charge >= 0.3 is 12.2 Å². The second kappa shape index (κ2) is 13.0. The van der Waals surface area contributed by atoms with E-state index in [4.69, 9.17) is 9.72 Å². The van der Waals surface area contributed by atoms with Crippen LogP contribution >= 0.6 is 17.0 Å². The van der Waals surface area contributed by atoms with Crippen LogP contribution in [0, 0.1) is 12.8 Å². The summed E-state index contributed by atoms with van der Waals surface area (Å²) in [7, 11) is 0. The van der Waals surface area contributed by atoms with Crippen molar-refractivity contribution in [2.45, 2.75) is 38.9 Å². The number of aliphatic hydroxyl groups is 1. The molecule has 2 unspecified atom stereocenters. The number of aromatic nitrogens is 1. The highest BCUT2D eigenvalue weighted by molar-refractivity contribution is 8.93. The largest absolute Gasteiger partial charge is 0.394 e. The Kier molecular flexibility index (Phi) is 10.2. The molecule has 4 rings (SSSR count). The summed E-state index contributed by atoms with van der Waals surface area (Å²) in [6.45, 7) is 6.84. The normalized spacial score (nSPS) is 18.6. The predicted octanol–water partition coefficient (Wildman–Crippen LogP) is 5.07. The van der Waals surface area contributed by atoms with Crippen LogP contribution in [-0.2, 0) is 4.74 Å². The number of carbonyl (C=O) groups excluding carboxylic acids is 1. The first kappa shape index (κ1) is 30.0. The van der Waals surface area contributed by atoms with Gasteiger partial charge in [-0.15, -0.1) is 17.0 Å². The first-order valence-electron chi connectivity index (χ1n) is 12.6. The number of nitrogens with one attached hydrogen (secondary N) is 2. The molecule has 2 aromatic rings. The fraction of sp³-hybridized carbons (Fsp3) is 0.538. The molecule has 8 nitrogen and oxygen atoms in total. The number of carbonyl (C=O) groups is 1. The number of likely N-dealkylation sites (tertiary alicyclic amines) is 1. The molecule has 2 atom stereocenters. The molecule has 1 aromatic heterocycles. The average Bonchev–Trinajstić information content (AvgIpc) is 3.32.